The summed E-state index contributed by atoms with van der Waals surface area (Å²) < 4.78 is 0. The van der Waals surface area contributed by atoms with Gasteiger partial charge < -0.3 is 25.9 Å². The Morgan fingerprint density at radius 3 is 1.56 bits per heavy atom. The topological polar surface area (TPSA) is 111 Å². The summed E-state index contributed by atoms with van der Waals surface area (Å²) in [5, 5.41) is 26.0. The van der Waals surface area contributed by atoms with Gasteiger partial charge in [-0.2, -0.15) is 47.4 Å². The third kappa shape index (κ3) is 29.5. The number of aromatic carboxylic acids is 1. The van der Waals surface area contributed by atoms with Crippen molar-refractivity contribution in [3.8, 4) is 0 Å². The number of rotatable bonds is 1. The molecule has 0 fully saturated rings. The van der Waals surface area contributed by atoms with E-state index >= 15 is 0 Å². The molecule has 1 heterocycles. The van der Waals surface area contributed by atoms with Crippen LogP contribution in [0.25, 0.3) is 16.0 Å². The van der Waals surface area contributed by atoms with Crippen LogP contribution in [-0.4, -0.2) is 58.5 Å². The van der Waals surface area contributed by atoms with Crippen molar-refractivity contribution in [3.63, 3.8) is 0 Å². The summed E-state index contributed by atoms with van der Waals surface area (Å²) in [4.78, 5) is 9.88. The molecule has 7 nitrogen and oxygen atoms in total. The first-order valence-electron chi connectivity index (χ1n) is 4.70. The molecule has 1 aromatic rings. The maximum Gasteiger partial charge on any atom is 4.00 e. The fourth-order valence-corrected chi connectivity index (χ4v) is 0.370. The van der Waals surface area contributed by atoms with E-state index in [1.807, 2.05) is 0 Å². The first-order chi connectivity index (χ1) is 8.05. The number of H-pyrrole nitrogens is 1. The molecule has 18 heavy (non-hydrogen) atoms. The summed E-state index contributed by atoms with van der Waals surface area (Å²) in [5.41, 5.74) is 0.00463. The molecule has 0 radical (unpaired) electrons. The van der Waals surface area contributed by atoms with E-state index in [1.165, 1.54) is 12.3 Å². The second-order valence-corrected chi connectivity index (χ2v) is 2.60. The van der Waals surface area contributed by atoms with Crippen molar-refractivity contribution in [1.82, 2.24) is 10.2 Å². The number of nitrogens with one attached hydrogen (secondary N) is 1. The molecular formula is C10H21N5O2Ti. The Hall–Kier alpha value is -0.726. The summed E-state index contributed by atoms with van der Waals surface area (Å²) >= 11 is 0. The normalized spacial score (nSPS) is 7.00. The van der Waals surface area contributed by atoms with Crippen LogP contribution in [0, 0.1) is 0 Å². The summed E-state index contributed by atoms with van der Waals surface area (Å²) in [6.45, 7) is 0. The number of carbonyl (C=O) groups is 1. The molecule has 0 spiro atoms. The number of aromatic amines is 1. The van der Waals surface area contributed by atoms with Gasteiger partial charge in [-0.25, -0.2) is 0 Å². The minimum Gasteiger partial charge on any atom is -0.668 e. The summed E-state index contributed by atoms with van der Waals surface area (Å²) in [6.07, 6.45) is 1.35. The molecule has 0 amide bonds. The molecule has 0 bridgehead atoms. The van der Waals surface area contributed by atoms with Gasteiger partial charge in [-0.15, -0.1) is 0 Å². The van der Waals surface area contributed by atoms with Crippen LogP contribution >= 0.6 is 0 Å². The first kappa shape index (κ1) is 26.0. The van der Waals surface area contributed by atoms with Gasteiger partial charge in [0.25, 0.3) is 0 Å². The van der Waals surface area contributed by atoms with Gasteiger partial charge >= 0.3 is 21.7 Å². The average Bonchev–Trinajstić information content (AvgIpc) is 2.73. The van der Waals surface area contributed by atoms with Crippen LogP contribution in [0.1, 0.15) is 10.5 Å². The molecule has 0 atom stereocenters. The van der Waals surface area contributed by atoms with Crippen LogP contribution < -0.4 is 5.11 Å². The Kier molecular flexibility index (Phi) is 36.4. The molecule has 0 aliphatic heterocycles. The van der Waals surface area contributed by atoms with Crippen molar-refractivity contribution in [3.05, 3.63) is 33.9 Å². The van der Waals surface area contributed by atoms with Crippen molar-refractivity contribution in [2.75, 3.05) is 42.3 Å². The second-order valence-electron chi connectivity index (χ2n) is 2.60. The Morgan fingerprint density at radius 1 is 1.11 bits per heavy atom. The van der Waals surface area contributed by atoms with E-state index in [2.05, 4.69) is 26.1 Å². The third-order valence-corrected chi connectivity index (χ3v) is 0.721. The van der Waals surface area contributed by atoms with E-state index in [1.54, 1.807) is 42.3 Å². The standard InChI is InChI=1S/C4H4N2O2.3C2H6N.Ti/c7-4(8)3-1-2-5-6-3;3*1-3-2;/h1-2H,(H,5,6)(H,7,8);3*1-2H3;/q;3*-1;+4/p-1. The summed E-state index contributed by atoms with van der Waals surface area (Å²) in [6, 6.07) is 1.33. The Morgan fingerprint density at radius 2 is 1.44 bits per heavy atom. The Labute approximate surface area is 124 Å². The van der Waals surface area contributed by atoms with Gasteiger partial charge in [-0.3, -0.25) is 5.10 Å². The van der Waals surface area contributed by atoms with Crippen LogP contribution in [0.15, 0.2) is 12.3 Å². The molecule has 0 aliphatic carbocycles. The maximum atomic E-state index is 9.88. The SMILES string of the molecule is C[N-]C.C[N-]C.C[N-]C.O=C([O-])c1ccn[nH]1.[Ti+4]. The monoisotopic (exact) mass is 291 g/mol. The van der Waals surface area contributed by atoms with Gasteiger partial charge in [-0.1, -0.05) is 0 Å². The Balaban J connectivity index is -0.0000000840. The Bertz CT molecular complexity index is 227. The second kappa shape index (κ2) is 25.2. The minimum atomic E-state index is -1.23. The average molecular weight is 291 g/mol. The first-order valence-corrected chi connectivity index (χ1v) is 4.70. The molecule has 1 aromatic heterocycles. The molecule has 0 saturated carbocycles. The molecule has 102 valence electrons. The number of hydrogen-bond donors (Lipinski definition) is 1. The van der Waals surface area contributed by atoms with Crippen LogP contribution in [0.2, 0.25) is 0 Å². The van der Waals surface area contributed by atoms with E-state index in [4.69, 9.17) is 0 Å². The molecule has 0 unspecified atom stereocenters. The third-order valence-electron chi connectivity index (χ3n) is 0.721. The molecule has 8 heteroatoms. The smallest absolute Gasteiger partial charge is 0.668 e. The van der Waals surface area contributed by atoms with Crippen molar-refractivity contribution in [2.45, 2.75) is 0 Å². The van der Waals surface area contributed by atoms with Crippen molar-refractivity contribution in [2.24, 2.45) is 0 Å². The molecule has 1 rings (SSSR count). The molecule has 1 N–H and O–H groups in total. The molecule has 0 aliphatic rings. The van der Waals surface area contributed by atoms with Gasteiger partial charge in [0.15, 0.2) is 0 Å². The number of carbonyl (C=O) groups excluding carboxylic acids is 1. The van der Waals surface area contributed by atoms with Crippen LogP contribution in [0.4, 0.5) is 0 Å². The van der Waals surface area contributed by atoms with Crippen LogP contribution in [0.5, 0.6) is 0 Å². The zero-order valence-corrected chi connectivity index (χ0v) is 13.3. The fourth-order valence-electron chi connectivity index (χ4n) is 0.370. The van der Waals surface area contributed by atoms with E-state index < -0.39 is 5.97 Å². The number of hydrogen-bond acceptors (Lipinski definition) is 3. The predicted molar refractivity (Wildman–Crippen MR) is 68.5 cm³/mol. The van der Waals surface area contributed by atoms with E-state index in [0.29, 0.717) is 0 Å². The van der Waals surface area contributed by atoms with Gasteiger partial charge in [0, 0.05) is 6.20 Å². The fraction of sp³-hybridized carbons (Fsp3) is 0.600. The summed E-state index contributed by atoms with van der Waals surface area (Å²) in [5.74, 6) is -1.23. The van der Waals surface area contributed by atoms with Gasteiger partial charge in [0.1, 0.15) is 0 Å². The quantitative estimate of drug-likeness (QED) is 0.766. The molecular weight excluding hydrogens is 270 g/mol. The zero-order valence-electron chi connectivity index (χ0n) is 11.8. The van der Waals surface area contributed by atoms with Gasteiger partial charge in [0.2, 0.25) is 0 Å². The van der Waals surface area contributed by atoms with E-state index in [-0.39, 0.29) is 27.4 Å². The van der Waals surface area contributed by atoms with Gasteiger partial charge in [0.05, 0.1) is 11.7 Å². The summed E-state index contributed by atoms with van der Waals surface area (Å²) in [7, 11) is 10.5. The number of aromatic nitrogens is 2. The number of nitrogens with zero attached hydrogens (tertiary/aromatic N) is 4. The van der Waals surface area contributed by atoms with Crippen molar-refractivity contribution >= 4 is 5.97 Å². The number of carboxylic acid groups (broad SMARTS) is 1. The molecule has 0 aromatic carbocycles. The maximum absolute atomic E-state index is 9.88. The predicted octanol–water partition coefficient (Wildman–Crippen LogP) is 0.630. The number of carboxylic acids is 1. The van der Waals surface area contributed by atoms with Gasteiger partial charge in [-0.05, 0) is 6.07 Å². The van der Waals surface area contributed by atoms with E-state index in [9.17, 15) is 9.90 Å². The van der Waals surface area contributed by atoms with Crippen molar-refractivity contribution in [1.29, 1.82) is 0 Å². The van der Waals surface area contributed by atoms with E-state index in [0.717, 1.165) is 0 Å². The zero-order chi connectivity index (χ0) is 14.1. The van der Waals surface area contributed by atoms with Crippen LogP contribution in [-0.2, 0) is 21.7 Å². The van der Waals surface area contributed by atoms with Crippen molar-refractivity contribution < 1.29 is 31.6 Å². The molecule has 0 saturated heterocycles. The van der Waals surface area contributed by atoms with Crippen LogP contribution in [0.3, 0.4) is 0 Å². The minimum absolute atomic E-state index is 0. The largest absolute Gasteiger partial charge is 4.00 e.